The van der Waals surface area contributed by atoms with Crippen molar-refractivity contribution in [1.82, 2.24) is 5.32 Å². The van der Waals surface area contributed by atoms with E-state index in [9.17, 15) is 18.0 Å². The van der Waals surface area contributed by atoms with E-state index in [1.807, 2.05) is 43.3 Å². The van der Waals surface area contributed by atoms with Crippen molar-refractivity contribution >= 4 is 22.2 Å². The normalized spacial score (nSPS) is 13.4. The highest BCUT2D eigenvalue weighted by Gasteiger charge is 2.31. The molecule has 0 aromatic heterocycles. The molecule has 1 aliphatic rings. The van der Waals surface area contributed by atoms with Gasteiger partial charge in [-0.1, -0.05) is 78.4 Å². The van der Waals surface area contributed by atoms with Gasteiger partial charge in [-0.25, -0.2) is 9.59 Å². The van der Waals surface area contributed by atoms with Gasteiger partial charge >= 0.3 is 22.2 Å². The molecule has 0 radical (unpaired) electrons. The smallest absolute Gasteiger partial charge is 0.407 e. The van der Waals surface area contributed by atoms with Gasteiger partial charge in [-0.3, -0.25) is 0 Å². The number of esters is 1. The summed E-state index contributed by atoms with van der Waals surface area (Å²) in [5, 5.41) is 2.68. The molecule has 5 rings (SSSR count). The van der Waals surface area contributed by atoms with Gasteiger partial charge in [-0.15, -0.1) is 0 Å². The van der Waals surface area contributed by atoms with Crippen molar-refractivity contribution in [1.29, 1.82) is 0 Å². The number of nitrogens with one attached hydrogen (secondary N) is 1. The van der Waals surface area contributed by atoms with E-state index in [-0.39, 0.29) is 29.6 Å². The number of rotatable bonds is 9. The van der Waals surface area contributed by atoms with Crippen molar-refractivity contribution in [3.63, 3.8) is 0 Å². The van der Waals surface area contributed by atoms with E-state index < -0.39 is 33.8 Å². The van der Waals surface area contributed by atoms with Crippen molar-refractivity contribution < 1.29 is 31.7 Å². The number of amides is 1. The zero-order chi connectivity index (χ0) is 31.5. The Kier molecular flexibility index (Phi) is 8.78. The van der Waals surface area contributed by atoms with Crippen molar-refractivity contribution in [2.24, 2.45) is 0 Å². The fourth-order valence-electron chi connectivity index (χ4n) is 5.15. The van der Waals surface area contributed by atoms with Gasteiger partial charge in [0.25, 0.3) is 0 Å². The Hall–Kier alpha value is -4.63. The second kappa shape index (κ2) is 12.5. The van der Waals surface area contributed by atoms with E-state index in [0.717, 1.165) is 27.8 Å². The van der Waals surface area contributed by atoms with Crippen LogP contribution in [0.3, 0.4) is 0 Å². The Bertz CT molecular complexity index is 1710. The summed E-state index contributed by atoms with van der Waals surface area (Å²) in [7, 11) is -4.01. The third-order valence-corrected chi connectivity index (χ3v) is 8.47. The van der Waals surface area contributed by atoms with Gasteiger partial charge in [0.15, 0.2) is 0 Å². The second-order valence-corrected chi connectivity index (χ2v) is 13.3. The number of ether oxygens (including phenoxy) is 2. The number of fused-ring (bicyclic) bond motifs is 3. The highest BCUT2D eigenvalue weighted by atomic mass is 32.2. The third kappa shape index (κ3) is 7.29. The molecular weight excluding hydrogens is 578 g/mol. The van der Waals surface area contributed by atoms with Crippen molar-refractivity contribution in [3.8, 4) is 16.9 Å². The minimum atomic E-state index is -4.01. The lowest BCUT2D eigenvalue weighted by Crippen LogP contribution is -2.46. The maximum absolute atomic E-state index is 13.1. The Morgan fingerprint density at radius 3 is 1.95 bits per heavy atom. The molecule has 0 fully saturated rings. The number of hydrogen-bond acceptors (Lipinski definition) is 7. The van der Waals surface area contributed by atoms with Gasteiger partial charge in [0, 0.05) is 12.3 Å². The van der Waals surface area contributed by atoms with Crippen molar-refractivity contribution in [2.45, 2.75) is 56.6 Å². The Morgan fingerprint density at radius 1 is 0.818 bits per heavy atom. The molecule has 0 spiro atoms. The average Bonchev–Trinajstić information content (AvgIpc) is 3.29. The van der Waals surface area contributed by atoms with Crippen LogP contribution in [0.15, 0.2) is 102 Å². The molecule has 1 N–H and O–H groups in total. The van der Waals surface area contributed by atoms with E-state index >= 15 is 0 Å². The summed E-state index contributed by atoms with van der Waals surface area (Å²) in [5.74, 6) is -0.627. The van der Waals surface area contributed by atoms with Crippen LogP contribution in [0, 0.1) is 6.92 Å². The van der Waals surface area contributed by atoms with Gasteiger partial charge in [-0.2, -0.15) is 8.42 Å². The summed E-state index contributed by atoms with van der Waals surface area (Å²) in [6.07, 6.45) is -0.656. The van der Waals surface area contributed by atoms with Crippen LogP contribution in [0.4, 0.5) is 4.79 Å². The van der Waals surface area contributed by atoms with Crippen molar-refractivity contribution in [3.05, 3.63) is 119 Å². The lowest BCUT2D eigenvalue weighted by molar-refractivity contribution is -0.157. The van der Waals surface area contributed by atoms with Gasteiger partial charge in [0.2, 0.25) is 0 Å². The maximum atomic E-state index is 13.1. The summed E-state index contributed by atoms with van der Waals surface area (Å²) < 4.78 is 41.9. The van der Waals surface area contributed by atoms with Gasteiger partial charge in [0.05, 0.1) is 0 Å². The van der Waals surface area contributed by atoms with Crippen molar-refractivity contribution in [2.75, 3.05) is 6.61 Å². The molecule has 1 aliphatic carbocycles. The minimum Gasteiger partial charge on any atom is -0.458 e. The number of aryl methyl sites for hydroxylation is 1. The molecule has 0 heterocycles. The zero-order valence-electron chi connectivity index (χ0n) is 25.1. The van der Waals surface area contributed by atoms with Crippen LogP contribution in [0.25, 0.3) is 11.1 Å². The fourth-order valence-corrected chi connectivity index (χ4v) is 6.08. The Morgan fingerprint density at radius 2 is 1.39 bits per heavy atom. The molecule has 0 aliphatic heterocycles. The van der Waals surface area contributed by atoms with E-state index in [1.165, 1.54) is 24.3 Å². The highest BCUT2D eigenvalue weighted by Crippen LogP contribution is 2.44. The first-order valence-corrected chi connectivity index (χ1v) is 15.7. The number of carbonyl (C=O) groups is 2. The van der Waals surface area contributed by atoms with E-state index in [1.54, 1.807) is 45.0 Å². The quantitative estimate of drug-likeness (QED) is 0.168. The molecule has 4 aromatic carbocycles. The van der Waals surface area contributed by atoms with Gasteiger partial charge in [-0.05, 0) is 79.8 Å². The molecule has 1 amide bonds. The zero-order valence-corrected chi connectivity index (χ0v) is 25.9. The van der Waals surface area contributed by atoms with Crippen LogP contribution >= 0.6 is 0 Å². The van der Waals surface area contributed by atoms with Gasteiger partial charge in [0.1, 0.15) is 28.9 Å². The second-order valence-electron chi connectivity index (χ2n) is 11.8. The lowest BCUT2D eigenvalue weighted by atomic mass is 9.98. The number of hydrogen-bond donors (Lipinski definition) is 1. The van der Waals surface area contributed by atoms with Gasteiger partial charge < -0.3 is 19.0 Å². The van der Waals surface area contributed by atoms with E-state index in [0.29, 0.717) is 5.56 Å². The molecule has 228 valence electrons. The first-order valence-electron chi connectivity index (χ1n) is 14.3. The topological polar surface area (TPSA) is 108 Å². The maximum Gasteiger partial charge on any atom is 0.407 e. The fraction of sp³-hybridized carbons (Fsp3) is 0.257. The summed E-state index contributed by atoms with van der Waals surface area (Å²) in [6, 6.07) is 27.7. The highest BCUT2D eigenvalue weighted by molar-refractivity contribution is 7.87. The average molecular weight is 614 g/mol. The minimum absolute atomic E-state index is 0.0458. The summed E-state index contributed by atoms with van der Waals surface area (Å²) >= 11 is 0. The molecule has 0 saturated heterocycles. The number of benzene rings is 4. The molecule has 0 unspecified atom stereocenters. The predicted octanol–water partition coefficient (Wildman–Crippen LogP) is 6.55. The summed E-state index contributed by atoms with van der Waals surface area (Å²) in [4.78, 5) is 26.2. The van der Waals surface area contributed by atoms with Crippen LogP contribution in [-0.4, -0.2) is 38.7 Å². The van der Waals surface area contributed by atoms with Crippen LogP contribution in [-0.2, 0) is 30.8 Å². The van der Waals surface area contributed by atoms with E-state index in [2.05, 4.69) is 17.4 Å². The number of alkyl carbamates (subject to hydrolysis) is 1. The third-order valence-electron chi connectivity index (χ3n) is 7.21. The molecule has 4 aromatic rings. The van der Waals surface area contributed by atoms with Crippen LogP contribution in [0.1, 0.15) is 48.9 Å². The first kappa shape index (κ1) is 30.8. The predicted molar refractivity (Wildman–Crippen MR) is 167 cm³/mol. The van der Waals surface area contributed by atoms with E-state index in [4.69, 9.17) is 13.7 Å². The van der Waals surface area contributed by atoms with Crippen LogP contribution < -0.4 is 9.50 Å². The SMILES string of the molecule is Cc1ccc(S(=O)(=O)Oc2ccc(C[C@H](NC(=O)OCC3c4ccccc4-c4ccccc43)C(=O)OC(C)(C)C)cc2)cc1. The number of carbonyl (C=O) groups excluding carboxylic acids is 2. The van der Waals surface area contributed by atoms with Crippen LogP contribution in [0.5, 0.6) is 5.75 Å². The lowest BCUT2D eigenvalue weighted by Gasteiger charge is -2.25. The largest absolute Gasteiger partial charge is 0.458 e. The monoisotopic (exact) mass is 613 g/mol. The Labute approximate surface area is 258 Å². The standard InChI is InChI=1S/C35H35NO7S/c1-23-13-19-26(20-14-23)44(39,40)43-25-17-15-24(16-18-25)21-32(33(37)42-35(2,3)4)36-34(38)41-22-31-29-11-7-5-9-27(29)28-10-6-8-12-30(28)31/h5-20,31-32H,21-22H2,1-4H3,(H,36,38)/t32-/m0/s1. The molecule has 0 bridgehead atoms. The molecular formula is C35H35NO7S. The molecule has 9 heteroatoms. The summed E-state index contributed by atoms with van der Waals surface area (Å²) in [5.41, 5.74) is 5.19. The molecule has 1 atom stereocenters. The summed E-state index contributed by atoms with van der Waals surface area (Å²) in [6.45, 7) is 7.20. The molecule has 0 saturated carbocycles. The molecule has 44 heavy (non-hydrogen) atoms. The first-order chi connectivity index (χ1) is 20.9. The molecule has 8 nitrogen and oxygen atoms in total. The van der Waals surface area contributed by atoms with Crippen LogP contribution in [0.2, 0.25) is 0 Å². The Balaban J connectivity index is 1.26.